The Hall–Kier alpha value is -2.50. The number of amides is 2. The van der Waals surface area contributed by atoms with Gasteiger partial charge in [-0.05, 0) is 30.5 Å². The third kappa shape index (κ3) is 3.64. The normalized spacial score (nSPS) is 17.3. The van der Waals surface area contributed by atoms with Crippen molar-refractivity contribution < 1.29 is 9.53 Å². The molecule has 1 fully saturated rings. The van der Waals surface area contributed by atoms with Crippen molar-refractivity contribution >= 4 is 6.03 Å². The molecule has 23 heavy (non-hydrogen) atoms. The van der Waals surface area contributed by atoms with Gasteiger partial charge in [0.05, 0.1) is 19.5 Å². The molecule has 0 radical (unpaired) electrons. The van der Waals surface area contributed by atoms with Crippen LogP contribution in [0.4, 0.5) is 4.79 Å². The van der Waals surface area contributed by atoms with Crippen LogP contribution in [-0.4, -0.2) is 40.7 Å². The number of nitrogens with one attached hydrogen (secondary N) is 1. The minimum Gasteiger partial charge on any atom is -0.497 e. The van der Waals surface area contributed by atoms with Crippen LogP contribution in [0.25, 0.3) is 0 Å². The maximum absolute atomic E-state index is 12.4. The highest BCUT2D eigenvalue weighted by atomic mass is 16.5. The first-order valence-corrected chi connectivity index (χ1v) is 7.92. The first-order chi connectivity index (χ1) is 11.3. The highest BCUT2D eigenvalue weighted by Gasteiger charge is 2.29. The van der Waals surface area contributed by atoms with Crippen molar-refractivity contribution in [3.63, 3.8) is 0 Å². The van der Waals surface area contributed by atoms with Crippen molar-refractivity contribution in [1.29, 1.82) is 0 Å². The van der Waals surface area contributed by atoms with E-state index in [0.29, 0.717) is 6.54 Å². The molecule has 1 aliphatic rings. The van der Waals surface area contributed by atoms with Gasteiger partial charge in [-0.3, -0.25) is 0 Å². The van der Waals surface area contributed by atoms with Gasteiger partial charge in [-0.1, -0.05) is 12.1 Å². The molecule has 0 saturated carbocycles. The molecule has 1 aromatic carbocycles. The zero-order chi connectivity index (χ0) is 16.1. The van der Waals surface area contributed by atoms with Gasteiger partial charge in [0, 0.05) is 32.0 Å². The largest absolute Gasteiger partial charge is 0.497 e. The highest BCUT2D eigenvalue weighted by Crippen LogP contribution is 2.32. The second-order valence-corrected chi connectivity index (χ2v) is 5.66. The third-order valence-corrected chi connectivity index (χ3v) is 4.22. The number of imidazole rings is 1. The van der Waals surface area contributed by atoms with Crippen LogP contribution in [0.15, 0.2) is 43.0 Å². The van der Waals surface area contributed by atoms with Gasteiger partial charge in [-0.15, -0.1) is 0 Å². The summed E-state index contributed by atoms with van der Waals surface area (Å²) in [4.78, 5) is 18.4. The zero-order valence-electron chi connectivity index (χ0n) is 13.3. The van der Waals surface area contributed by atoms with E-state index < -0.39 is 0 Å². The molecule has 2 aromatic rings. The molecule has 0 unspecified atom stereocenters. The van der Waals surface area contributed by atoms with Gasteiger partial charge >= 0.3 is 6.03 Å². The smallest absolute Gasteiger partial charge is 0.317 e. The Balaban J connectivity index is 1.57. The lowest BCUT2D eigenvalue weighted by Gasteiger charge is -2.25. The predicted octanol–water partition coefficient (Wildman–Crippen LogP) is 2.44. The third-order valence-electron chi connectivity index (χ3n) is 4.22. The van der Waals surface area contributed by atoms with Crippen LogP contribution < -0.4 is 10.1 Å². The molecular formula is C17H22N4O2. The van der Waals surface area contributed by atoms with Gasteiger partial charge in [0.1, 0.15) is 5.75 Å². The summed E-state index contributed by atoms with van der Waals surface area (Å²) < 4.78 is 7.14. The van der Waals surface area contributed by atoms with Crippen LogP contribution in [0.5, 0.6) is 5.75 Å². The maximum atomic E-state index is 12.4. The zero-order valence-corrected chi connectivity index (χ0v) is 13.3. The van der Waals surface area contributed by atoms with Gasteiger partial charge < -0.3 is 19.5 Å². The Bertz CT molecular complexity index is 625. The van der Waals surface area contributed by atoms with Gasteiger partial charge in [0.2, 0.25) is 0 Å². The first-order valence-electron chi connectivity index (χ1n) is 7.92. The summed E-state index contributed by atoms with van der Waals surface area (Å²) in [5.41, 5.74) is 1.16. The highest BCUT2D eigenvalue weighted by molar-refractivity contribution is 5.75. The number of benzene rings is 1. The fourth-order valence-corrected chi connectivity index (χ4v) is 2.99. The minimum atomic E-state index is 0.00318. The molecule has 1 atom stereocenters. The lowest BCUT2D eigenvalue weighted by molar-refractivity contribution is 0.192. The number of ether oxygens (including phenoxy) is 1. The average molecular weight is 314 g/mol. The standard InChI is InChI=1S/C17H22N4O2/c1-23-15-6-4-14(5-7-15)16-3-2-10-21(16)17(22)19-9-12-20-11-8-18-13-20/h4-8,11,13,16H,2-3,9-10,12H2,1H3,(H,19,22)/t16-/m1/s1. The number of methoxy groups -OCH3 is 1. The predicted molar refractivity (Wildman–Crippen MR) is 87.3 cm³/mol. The van der Waals surface area contributed by atoms with Crippen molar-refractivity contribution in [1.82, 2.24) is 19.8 Å². The van der Waals surface area contributed by atoms with Gasteiger partial charge in [-0.25, -0.2) is 9.78 Å². The van der Waals surface area contributed by atoms with Crippen molar-refractivity contribution in [2.45, 2.75) is 25.4 Å². The van der Waals surface area contributed by atoms with E-state index in [1.54, 1.807) is 19.6 Å². The number of likely N-dealkylation sites (tertiary alicyclic amines) is 1. The second kappa shape index (κ2) is 7.17. The van der Waals surface area contributed by atoms with Gasteiger partial charge in [0.25, 0.3) is 0 Å². The molecule has 122 valence electrons. The molecule has 1 N–H and O–H groups in total. The lowest BCUT2D eigenvalue weighted by atomic mass is 10.0. The average Bonchev–Trinajstić information content (AvgIpc) is 3.26. The molecule has 0 bridgehead atoms. The van der Waals surface area contributed by atoms with E-state index in [9.17, 15) is 4.79 Å². The van der Waals surface area contributed by atoms with E-state index in [1.165, 1.54) is 0 Å². The molecule has 2 amide bonds. The van der Waals surface area contributed by atoms with Crippen molar-refractivity contribution in [3.05, 3.63) is 48.5 Å². The monoisotopic (exact) mass is 314 g/mol. The van der Waals surface area contributed by atoms with Crippen LogP contribution >= 0.6 is 0 Å². The number of hydrogen-bond donors (Lipinski definition) is 1. The van der Waals surface area contributed by atoms with Crippen LogP contribution in [-0.2, 0) is 6.54 Å². The number of urea groups is 1. The van der Waals surface area contributed by atoms with Crippen LogP contribution in [0.1, 0.15) is 24.4 Å². The summed E-state index contributed by atoms with van der Waals surface area (Å²) in [5, 5.41) is 3.00. The Morgan fingerprint density at radius 3 is 2.91 bits per heavy atom. The number of aromatic nitrogens is 2. The quantitative estimate of drug-likeness (QED) is 0.922. The summed E-state index contributed by atoms with van der Waals surface area (Å²) in [6, 6.07) is 8.13. The Morgan fingerprint density at radius 2 is 2.22 bits per heavy atom. The number of carbonyl (C=O) groups excluding carboxylic acids is 1. The Labute approximate surface area is 136 Å². The second-order valence-electron chi connectivity index (χ2n) is 5.66. The number of carbonyl (C=O) groups is 1. The first kappa shape index (κ1) is 15.4. The van der Waals surface area contributed by atoms with Crippen LogP contribution in [0.3, 0.4) is 0 Å². The number of nitrogens with zero attached hydrogens (tertiary/aromatic N) is 3. The van der Waals surface area contributed by atoms with Crippen LogP contribution in [0, 0.1) is 0 Å². The molecule has 6 heteroatoms. The van der Waals surface area contributed by atoms with E-state index in [1.807, 2.05) is 39.9 Å². The summed E-state index contributed by atoms with van der Waals surface area (Å²) >= 11 is 0. The maximum Gasteiger partial charge on any atom is 0.317 e. The molecule has 1 saturated heterocycles. The summed E-state index contributed by atoms with van der Waals surface area (Å²) in [6.07, 6.45) is 7.42. The van der Waals surface area contributed by atoms with Gasteiger partial charge in [0.15, 0.2) is 0 Å². The molecule has 1 aliphatic heterocycles. The minimum absolute atomic E-state index is 0.00318. The molecule has 6 nitrogen and oxygen atoms in total. The van der Waals surface area contributed by atoms with E-state index in [4.69, 9.17) is 4.74 Å². The lowest BCUT2D eigenvalue weighted by Crippen LogP contribution is -2.40. The van der Waals surface area contributed by atoms with Gasteiger partial charge in [-0.2, -0.15) is 0 Å². The summed E-state index contributed by atoms with van der Waals surface area (Å²) in [7, 11) is 1.66. The summed E-state index contributed by atoms with van der Waals surface area (Å²) in [5.74, 6) is 0.836. The van der Waals surface area contributed by atoms with Crippen molar-refractivity contribution in [2.75, 3.05) is 20.2 Å². The molecule has 0 aliphatic carbocycles. The summed E-state index contributed by atoms with van der Waals surface area (Å²) in [6.45, 7) is 2.13. The van der Waals surface area contributed by atoms with Crippen molar-refractivity contribution in [2.24, 2.45) is 0 Å². The Morgan fingerprint density at radius 1 is 1.39 bits per heavy atom. The van der Waals surface area contributed by atoms with E-state index in [-0.39, 0.29) is 12.1 Å². The van der Waals surface area contributed by atoms with Crippen LogP contribution in [0.2, 0.25) is 0 Å². The van der Waals surface area contributed by atoms with E-state index in [0.717, 1.165) is 37.2 Å². The number of rotatable bonds is 5. The molecule has 3 rings (SSSR count). The molecule has 2 heterocycles. The van der Waals surface area contributed by atoms with E-state index >= 15 is 0 Å². The molecule has 0 spiro atoms. The molecular weight excluding hydrogens is 292 g/mol. The number of hydrogen-bond acceptors (Lipinski definition) is 3. The fraction of sp³-hybridized carbons (Fsp3) is 0.412. The fourth-order valence-electron chi connectivity index (χ4n) is 2.99. The topological polar surface area (TPSA) is 59.4 Å². The SMILES string of the molecule is COc1ccc([C@H]2CCCN2C(=O)NCCn2ccnc2)cc1. The van der Waals surface area contributed by atoms with Crippen molar-refractivity contribution in [3.8, 4) is 5.75 Å². The van der Waals surface area contributed by atoms with E-state index in [2.05, 4.69) is 10.3 Å². The molecule has 1 aromatic heterocycles. The Kier molecular flexibility index (Phi) is 4.80.